The number of nitrogens with one attached hydrogen (secondary N) is 1. The number of aryl methyl sites for hydroxylation is 1. The average molecular weight is 291 g/mol. The summed E-state index contributed by atoms with van der Waals surface area (Å²) in [7, 11) is 0. The van der Waals surface area contributed by atoms with E-state index in [0.29, 0.717) is 17.8 Å². The summed E-state index contributed by atoms with van der Waals surface area (Å²) in [5.41, 5.74) is 7.45. The number of hydrogen-bond donors (Lipinski definition) is 3. The first-order chi connectivity index (χ1) is 9.90. The fraction of sp³-hybridized carbons (Fsp3) is 0.357. The van der Waals surface area contributed by atoms with Gasteiger partial charge in [-0.15, -0.1) is 0 Å². The maximum Gasteiger partial charge on any atom is 0.305 e. The molecule has 0 saturated carbocycles. The van der Waals surface area contributed by atoms with Crippen molar-refractivity contribution in [2.45, 2.75) is 19.4 Å². The Labute approximate surface area is 121 Å². The molecule has 21 heavy (non-hydrogen) atoms. The van der Waals surface area contributed by atoms with Crippen molar-refractivity contribution in [2.24, 2.45) is 0 Å². The van der Waals surface area contributed by atoms with Crippen LogP contribution < -0.4 is 11.1 Å². The third-order valence-electron chi connectivity index (χ3n) is 3.48. The Morgan fingerprint density at radius 1 is 1.48 bits per heavy atom. The molecule has 112 valence electrons. The third kappa shape index (κ3) is 3.13. The molecule has 2 rings (SSSR count). The van der Waals surface area contributed by atoms with Gasteiger partial charge >= 0.3 is 5.97 Å². The predicted octanol–water partition coefficient (Wildman–Crippen LogP) is -0.00748. The summed E-state index contributed by atoms with van der Waals surface area (Å²) in [6, 6.07) is 3.86. The number of benzene rings is 1. The van der Waals surface area contributed by atoms with Crippen molar-refractivity contribution in [3.8, 4) is 0 Å². The van der Waals surface area contributed by atoms with E-state index in [4.69, 9.17) is 10.8 Å². The zero-order chi connectivity index (χ0) is 15.6. The third-order valence-corrected chi connectivity index (χ3v) is 3.48. The summed E-state index contributed by atoms with van der Waals surface area (Å²) >= 11 is 0. The van der Waals surface area contributed by atoms with Crippen LogP contribution in [-0.4, -0.2) is 46.9 Å². The van der Waals surface area contributed by atoms with E-state index in [-0.39, 0.29) is 12.5 Å². The molecule has 7 nitrogen and oxygen atoms in total. The van der Waals surface area contributed by atoms with E-state index in [1.54, 1.807) is 25.1 Å². The van der Waals surface area contributed by atoms with Gasteiger partial charge in [0.15, 0.2) is 0 Å². The fourth-order valence-corrected chi connectivity index (χ4v) is 2.30. The van der Waals surface area contributed by atoms with Gasteiger partial charge in [0.05, 0.1) is 6.42 Å². The van der Waals surface area contributed by atoms with Crippen molar-refractivity contribution < 1.29 is 19.5 Å². The average Bonchev–Trinajstić information content (AvgIpc) is 2.43. The molecule has 0 spiro atoms. The molecule has 0 aliphatic carbocycles. The monoisotopic (exact) mass is 291 g/mol. The van der Waals surface area contributed by atoms with Gasteiger partial charge in [-0.25, -0.2) is 0 Å². The second-order valence-corrected chi connectivity index (χ2v) is 4.97. The lowest BCUT2D eigenvalue weighted by Crippen LogP contribution is -2.57. The first kappa shape index (κ1) is 14.8. The van der Waals surface area contributed by atoms with E-state index in [2.05, 4.69) is 5.32 Å². The van der Waals surface area contributed by atoms with E-state index in [0.717, 1.165) is 5.56 Å². The van der Waals surface area contributed by atoms with E-state index >= 15 is 0 Å². The Bertz CT molecular complexity index is 600. The van der Waals surface area contributed by atoms with Crippen LogP contribution in [0.1, 0.15) is 22.3 Å². The number of nitrogens with two attached hydrogens (primary N) is 1. The molecule has 1 aromatic carbocycles. The Kier molecular flexibility index (Phi) is 4.11. The largest absolute Gasteiger partial charge is 0.481 e. The van der Waals surface area contributed by atoms with Crippen LogP contribution in [0.15, 0.2) is 18.2 Å². The molecule has 1 atom stereocenters. The molecular formula is C14H17N3O4. The number of carbonyl (C=O) groups excluding carboxylic acids is 2. The van der Waals surface area contributed by atoms with E-state index in [1.165, 1.54) is 4.90 Å². The highest BCUT2D eigenvalue weighted by atomic mass is 16.4. The fourth-order valence-electron chi connectivity index (χ4n) is 2.30. The van der Waals surface area contributed by atoms with Crippen LogP contribution in [-0.2, 0) is 9.59 Å². The first-order valence-electron chi connectivity index (χ1n) is 6.56. The number of aliphatic carboxylic acids is 1. The molecule has 0 aromatic heterocycles. The van der Waals surface area contributed by atoms with Gasteiger partial charge in [0.25, 0.3) is 5.91 Å². The van der Waals surface area contributed by atoms with Gasteiger partial charge < -0.3 is 21.1 Å². The van der Waals surface area contributed by atoms with Crippen molar-refractivity contribution >= 4 is 23.5 Å². The van der Waals surface area contributed by atoms with Crippen LogP contribution in [0.25, 0.3) is 0 Å². The van der Waals surface area contributed by atoms with Gasteiger partial charge in [-0.2, -0.15) is 0 Å². The molecule has 4 N–H and O–H groups in total. The van der Waals surface area contributed by atoms with E-state index in [1.807, 2.05) is 0 Å². The highest BCUT2D eigenvalue weighted by molar-refractivity contribution is 5.99. The molecular weight excluding hydrogens is 274 g/mol. The summed E-state index contributed by atoms with van der Waals surface area (Å²) in [6.45, 7) is 2.38. The maximum absolute atomic E-state index is 12.5. The van der Waals surface area contributed by atoms with Crippen molar-refractivity contribution in [3.63, 3.8) is 0 Å². The molecule has 1 aliphatic rings. The van der Waals surface area contributed by atoms with E-state index in [9.17, 15) is 14.4 Å². The normalized spacial score (nSPS) is 18.2. The Morgan fingerprint density at radius 3 is 2.81 bits per heavy atom. The summed E-state index contributed by atoms with van der Waals surface area (Å²) in [6.07, 6.45) is -0.411. The first-order valence-corrected chi connectivity index (χ1v) is 6.56. The lowest BCUT2D eigenvalue weighted by molar-refractivity contribution is -0.142. The smallest absolute Gasteiger partial charge is 0.305 e. The standard InChI is InChI=1S/C14H17N3O4/c1-8-6-9(2-3-10(8)15)14(21)17-5-4-16-13(20)11(17)7-12(18)19/h2-3,6,11H,4-5,7,15H2,1H3,(H,16,20)(H,18,19). The van der Waals surface area contributed by atoms with Crippen LogP contribution in [0, 0.1) is 6.92 Å². The number of carbonyl (C=O) groups is 3. The second kappa shape index (κ2) is 5.82. The van der Waals surface area contributed by atoms with Gasteiger partial charge in [-0.05, 0) is 30.7 Å². The minimum absolute atomic E-state index is 0.284. The molecule has 1 fully saturated rings. The lowest BCUT2D eigenvalue weighted by Gasteiger charge is -2.34. The predicted molar refractivity (Wildman–Crippen MR) is 75.7 cm³/mol. The second-order valence-electron chi connectivity index (χ2n) is 4.97. The van der Waals surface area contributed by atoms with Crippen molar-refractivity contribution in [1.82, 2.24) is 10.2 Å². The number of carboxylic acid groups (broad SMARTS) is 1. The SMILES string of the molecule is Cc1cc(C(=O)N2CCNC(=O)C2CC(=O)O)ccc1N. The number of anilines is 1. The lowest BCUT2D eigenvalue weighted by atomic mass is 10.0. The number of amides is 2. The number of hydrogen-bond acceptors (Lipinski definition) is 4. The molecule has 2 amide bonds. The Balaban J connectivity index is 2.27. The van der Waals surface area contributed by atoms with Crippen LogP contribution in [0.3, 0.4) is 0 Å². The molecule has 1 aromatic rings. The van der Waals surface area contributed by atoms with Crippen molar-refractivity contribution in [1.29, 1.82) is 0 Å². The summed E-state index contributed by atoms with van der Waals surface area (Å²) < 4.78 is 0. The van der Waals surface area contributed by atoms with Gasteiger partial charge in [0, 0.05) is 24.3 Å². The van der Waals surface area contributed by atoms with Crippen LogP contribution >= 0.6 is 0 Å². The minimum atomic E-state index is -1.12. The number of nitrogen functional groups attached to an aromatic ring is 1. The minimum Gasteiger partial charge on any atom is -0.481 e. The Morgan fingerprint density at radius 2 is 2.19 bits per heavy atom. The number of rotatable bonds is 3. The summed E-state index contributed by atoms with van der Waals surface area (Å²) in [5, 5.41) is 11.5. The highest BCUT2D eigenvalue weighted by Gasteiger charge is 2.35. The quantitative estimate of drug-likeness (QED) is 0.678. The zero-order valence-electron chi connectivity index (χ0n) is 11.6. The summed E-state index contributed by atoms with van der Waals surface area (Å²) in [5.74, 6) is -1.92. The van der Waals surface area contributed by atoms with Crippen molar-refractivity contribution in [2.75, 3.05) is 18.8 Å². The number of piperazine rings is 1. The van der Waals surface area contributed by atoms with E-state index < -0.39 is 24.3 Å². The molecule has 1 aliphatic heterocycles. The molecule has 0 radical (unpaired) electrons. The molecule has 1 heterocycles. The molecule has 1 unspecified atom stereocenters. The molecule has 0 bridgehead atoms. The maximum atomic E-state index is 12.5. The van der Waals surface area contributed by atoms with Gasteiger partial charge in [0.1, 0.15) is 6.04 Å². The van der Waals surface area contributed by atoms with Gasteiger partial charge in [0.2, 0.25) is 5.91 Å². The van der Waals surface area contributed by atoms with Crippen molar-refractivity contribution in [3.05, 3.63) is 29.3 Å². The number of nitrogens with zero attached hydrogens (tertiary/aromatic N) is 1. The Hall–Kier alpha value is -2.57. The molecule has 7 heteroatoms. The van der Waals surface area contributed by atoms with Crippen LogP contribution in [0.5, 0.6) is 0 Å². The van der Waals surface area contributed by atoms with Gasteiger partial charge in [-0.3, -0.25) is 14.4 Å². The van der Waals surface area contributed by atoms with Crippen LogP contribution in [0.2, 0.25) is 0 Å². The highest BCUT2D eigenvalue weighted by Crippen LogP contribution is 2.18. The topological polar surface area (TPSA) is 113 Å². The summed E-state index contributed by atoms with van der Waals surface area (Å²) in [4.78, 5) is 36.5. The zero-order valence-corrected chi connectivity index (χ0v) is 11.6. The number of carboxylic acids is 1. The van der Waals surface area contributed by atoms with Crippen LogP contribution in [0.4, 0.5) is 5.69 Å². The molecule has 1 saturated heterocycles. The van der Waals surface area contributed by atoms with Gasteiger partial charge in [-0.1, -0.05) is 0 Å².